The highest BCUT2D eigenvalue weighted by Gasteiger charge is 2.12. The summed E-state index contributed by atoms with van der Waals surface area (Å²) in [6, 6.07) is 5.39. The predicted molar refractivity (Wildman–Crippen MR) is 54.2 cm³/mol. The molecule has 0 aliphatic heterocycles. The quantitative estimate of drug-likeness (QED) is 0.851. The number of nitriles is 1. The number of sulfonamides is 1. The van der Waals surface area contributed by atoms with E-state index in [1.165, 1.54) is 19.1 Å². The van der Waals surface area contributed by atoms with E-state index in [1.54, 1.807) is 6.07 Å². The summed E-state index contributed by atoms with van der Waals surface area (Å²) in [6.45, 7) is 1.45. The third kappa shape index (κ3) is 2.67. The zero-order valence-electron chi connectivity index (χ0n) is 7.99. The van der Waals surface area contributed by atoms with Crippen LogP contribution in [0.15, 0.2) is 18.2 Å². The average molecular weight is 228 g/mol. The molecule has 0 fully saturated rings. The first-order chi connectivity index (χ1) is 7.00. The van der Waals surface area contributed by atoms with Crippen molar-refractivity contribution >= 4 is 15.7 Å². The van der Waals surface area contributed by atoms with E-state index in [-0.39, 0.29) is 17.0 Å². The summed E-state index contributed by atoms with van der Waals surface area (Å²) in [7, 11) is -3.49. The van der Waals surface area contributed by atoms with E-state index in [4.69, 9.17) is 5.26 Å². The fourth-order valence-electron chi connectivity index (χ4n) is 0.963. The lowest BCUT2D eigenvalue weighted by atomic mass is 10.2. The molecule has 0 heterocycles. The Labute approximate surface area is 87.4 Å². The Balaban J connectivity index is 3.18. The zero-order valence-corrected chi connectivity index (χ0v) is 8.81. The van der Waals surface area contributed by atoms with Gasteiger partial charge in [-0.2, -0.15) is 5.26 Å². The fraction of sp³-hybridized carbons (Fsp3) is 0.222. The van der Waals surface area contributed by atoms with E-state index >= 15 is 0 Å². The van der Waals surface area contributed by atoms with Gasteiger partial charge < -0.3 is 0 Å². The van der Waals surface area contributed by atoms with Gasteiger partial charge in [0, 0.05) is 0 Å². The third-order valence-electron chi connectivity index (χ3n) is 1.77. The molecule has 6 heteroatoms. The van der Waals surface area contributed by atoms with Crippen LogP contribution in [0.4, 0.5) is 10.1 Å². The van der Waals surface area contributed by atoms with Gasteiger partial charge in [-0.3, -0.25) is 4.72 Å². The van der Waals surface area contributed by atoms with Crippen molar-refractivity contribution in [1.82, 2.24) is 0 Å². The van der Waals surface area contributed by atoms with Gasteiger partial charge in [-0.05, 0) is 19.1 Å². The summed E-state index contributed by atoms with van der Waals surface area (Å²) in [5.74, 6) is -0.872. The average Bonchev–Trinajstić information content (AvgIpc) is 2.18. The minimum absolute atomic E-state index is 0.0284. The van der Waals surface area contributed by atoms with Gasteiger partial charge in [-0.25, -0.2) is 12.8 Å². The molecular formula is C9H9FN2O2S. The van der Waals surface area contributed by atoms with Crippen LogP contribution in [0.5, 0.6) is 0 Å². The Morgan fingerprint density at radius 3 is 2.73 bits per heavy atom. The number of hydrogen-bond donors (Lipinski definition) is 1. The molecule has 0 amide bonds. The van der Waals surface area contributed by atoms with Crippen LogP contribution >= 0.6 is 0 Å². The summed E-state index contributed by atoms with van der Waals surface area (Å²) in [5.41, 5.74) is -0.325. The van der Waals surface area contributed by atoms with Crippen LogP contribution in [0.3, 0.4) is 0 Å². The smallest absolute Gasteiger partial charge is 0.232 e. The lowest BCUT2D eigenvalue weighted by molar-refractivity contribution is 0.602. The van der Waals surface area contributed by atoms with Crippen LogP contribution in [0.2, 0.25) is 0 Å². The number of halogens is 1. The summed E-state index contributed by atoms with van der Waals surface area (Å²) >= 11 is 0. The van der Waals surface area contributed by atoms with Crippen molar-refractivity contribution in [3.63, 3.8) is 0 Å². The maximum Gasteiger partial charge on any atom is 0.232 e. The molecule has 0 saturated carbocycles. The normalized spacial score (nSPS) is 10.7. The highest BCUT2D eigenvalue weighted by atomic mass is 32.2. The van der Waals surface area contributed by atoms with Gasteiger partial charge in [0.2, 0.25) is 10.0 Å². The molecule has 0 aromatic heterocycles. The molecule has 0 bridgehead atoms. The molecule has 1 aromatic carbocycles. The second kappa shape index (κ2) is 4.28. The largest absolute Gasteiger partial charge is 0.282 e. The molecule has 0 aliphatic carbocycles. The van der Waals surface area contributed by atoms with Gasteiger partial charge in [0.05, 0.1) is 11.4 Å². The minimum Gasteiger partial charge on any atom is -0.282 e. The molecule has 1 aromatic rings. The van der Waals surface area contributed by atoms with E-state index in [0.717, 1.165) is 6.07 Å². The van der Waals surface area contributed by atoms with Crippen LogP contribution in [0, 0.1) is 17.1 Å². The maximum atomic E-state index is 13.1. The molecule has 0 atom stereocenters. The van der Waals surface area contributed by atoms with Gasteiger partial charge in [-0.1, -0.05) is 6.07 Å². The fourth-order valence-corrected chi connectivity index (χ4v) is 1.61. The van der Waals surface area contributed by atoms with Gasteiger partial charge >= 0.3 is 0 Å². The van der Waals surface area contributed by atoms with Crippen molar-refractivity contribution in [2.45, 2.75) is 6.92 Å². The molecule has 0 aliphatic rings. The Morgan fingerprint density at radius 1 is 1.53 bits per heavy atom. The molecule has 4 nitrogen and oxygen atoms in total. The lowest BCUT2D eigenvalue weighted by Crippen LogP contribution is -2.15. The van der Waals surface area contributed by atoms with Gasteiger partial charge in [0.1, 0.15) is 17.4 Å². The third-order valence-corrected chi connectivity index (χ3v) is 3.06. The Morgan fingerprint density at radius 2 is 2.20 bits per heavy atom. The van der Waals surface area contributed by atoms with Crippen molar-refractivity contribution in [2.24, 2.45) is 0 Å². The van der Waals surface area contributed by atoms with Crippen molar-refractivity contribution in [3.05, 3.63) is 29.6 Å². The monoisotopic (exact) mass is 228 g/mol. The number of benzene rings is 1. The maximum absolute atomic E-state index is 13.1. The SMILES string of the molecule is CCS(=O)(=O)Nc1cccc(F)c1C#N. The summed E-state index contributed by atoms with van der Waals surface area (Å²) in [4.78, 5) is 0. The Hall–Kier alpha value is -1.61. The second-order valence-corrected chi connectivity index (χ2v) is 4.79. The Bertz CT molecular complexity index is 505. The topological polar surface area (TPSA) is 70.0 Å². The van der Waals surface area contributed by atoms with Gasteiger partial charge in [0.25, 0.3) is 0 Å². The summed E-state index contributed by atoms with van der Waals surface area (Å²) < 4.78 is 37.6. The predicted octanol–water partition coefficient (Wildman–Crippen LogP) is 1.46. The van der Waals surface area contributed by atoms with E-state index in [9.17, 15) is 12.8 Å². The second-order valence-electron chi connectivity index (χ2n) is 2.78. The summed E-state index contributed by atoms with van der Waals surface area (Å²) in [6.07, 6.45) is 0. The molecule has 15 heavy (non-hydrogen) atoms. The standard InChI is InChI=1S/C9H9FN2O2S/c1-2-15(13,14)12-9-5-3-4-8(10)7(9)6-11/h3-5,12H,2H2,1H3. The molecule has 0 saturated heterocycles. The van der Waals surface area contributed by atoms with Crippen molar-refractivity contribution in [3.8, 4) is 6.07 Å². The highest BCUT2D eigenvalue weighted by molar-refractivity contribution is 7.92. The first-order valence-corrected chi connectivity index (χ1v) is 5.84. The van der Waals surface area contributed by atoms with E-state index < -0.39 is 15.8 Å². The first-order valence-electron chi connectivity index (χ1n) is 4.19. The molecule has 0 unspecified atom stereocenters. The van der Waals surface area contributed by atoms with Crippen LogP contribution < -0.4 is 4.72 Å². The van der Waals surface area contributed by atoms with Crippen molar-refractivity contribution in [2.75, 3.05) is 10.5 Å². The van der Waals surface area contributed by atoms with Crippen LogP contribution in [0.1, 0.15) is 12.5 Å². The molecule has 0 spiro atoms. The van der Waals surface area contributed by atoms with Crippen molar-refractivity contribution in [1.29, 1.82) is 5.26 Å². The zero-order chi connectivity index (χ0) is 11.5. The van der Waals surface area contributed by atoms with Crippen LogP contribution in [-0.4, -0.2) is 14.2 Å². The molecule has 0 radical (unpaired) electrons. The van der Waals surface area contributed by atoms with Crippen LogP contribution in [0.25, 0.3) is 0 Å². The number of hydrogen-bond acceptors (Lipinski definition) is 3. The van der Waals surface area contributed by atoms with Crippen molar-refractivity contribution < 1.29 is 12.8 Å². The van der Waals surface area contributed by atoms with E-state index in [2.05, 4.69) is 4.72 Å². The number of anilines is 1. The van der Waals surface area contributed by atoms with Gasteiger partial charge in [0.15, 0.2) is 0 Å². The lowest BCUT2D eigenvalue weighted by Gasteiger charge is -2.07. The van der Waals surface area contributed by atoms with Gasteiger partial charge in [-0.15, -0.1) is 0 Å². The number of nitrogens with one attached hydrogen (secondary N) is 1. The summed E-state index contributed by atoms with van der Waals surface area (Å²) in [5, 5.41) is 8.64. The highest BCUT2D eigenvalue weighted by Crippen LogP contribution is 2.18. The molecule has 1 rings (SSSR count). The molecule has 80 valence electrons. The molecular weight excluding hydrogens is 219 g/mol. The Kier molecular flexibility index (Phi) is 3.27. The van der Waals surface area contributed by atoms with Crippen LogP contribution in [-0.2, 0) is 10.0 Å². The number of nitrogens with zero attached hydrogens (tertiary/aromatic N) is 1. The minimum atomic E-state index is -3.49. The number of rotatable bonds is 3. The van der Waals surface area contributed by atoms with E-state index in [0.29, 0.717) is 0 Å². The molecule has 1 N–H and O–H groups in total. The first kappa shape index (κ1) is 11.5. The van der Waals surface area contributed by atoms with E-state index in [1.807, 2.05) is 0 Å².